The first-order valence-electron chi connectivity index (χ1n) is 13.3. The zero-order valence-corrected chi connectivity index (χ0v) is 21.1. The van der Waals surface area contributed by atoms with Crippen LogP contribution in [-0.4, -0.2) is 70.6 Å². The molecule has 4 heterocycles. The third-order valence-electron chi connectivity index (χ3n) is 8.33. The lowest BCUT2D eigenvalue weighted by atomic mass is 9.88. The number of nitrogens with zero attached hydrogens (tertiary/aromatic N) is 4. The number of aliphatic hydroxyl groups is 1. The molecule has 3 aromatic carbocycles. The van der Waals surface area contributed by atoms with Gasteiger partial charge in [0, 0.05) is 55.8 Å². The normalized spacial score (nSPS) is 22.3. The summed E-state index contributed by atoms with van der Waals surface area (Å²) in [5.41, 5.74) is 7.17. The SMILES string of the molecule is NC1(CCO)CN(c2nc(N3CC4CCC(C3)N4)c3ccc(-c4cc(O)cc5ccccc45)c(F)c3n2)C1. The van der Waals surface area contributed by atoms with Crippen molar-refractivity contribution in [3.8, 4) is 16.9 Å². The van der Waals surface area contributed by atoms with E-state index in [4.69, 9.17) is 15.7 Å². The van der Waals surface area contributed by atoms with Crippen LogP contribution in [0.3, 0.4) is 0 Å². The Hall–Kier alpha value is -3.53. The highest BCUT2D eigenvalue weighted by atomic mass is 19.1. The van der Waals surface area contributed by atoms with Crippen LogP contribution in [0.5, 0.6) is 5.75 Å². The van der Waals surface area contributed by atoms with Crippen LogP contribution in [0.15, 0.2) is 48.5 Å². The van der Waals surface area contributed by atoms with Crippen molar-refractivity contribution in [3.63, 3.8) is 0 Å². The molecule has 9 heteroatoms. The Labute approximate surface area is 219 Å². The van der Waals surface area contributed by atoms with E-state index in [1.165, 1.54) is 0 Å². The van der Waals surface area contributed by atoms with Crippen LogP contribution in [0.1, 0.15) is 19.3 Å². The minimum Gasteiger partial charge on any atom is -0.508 e. The number of piperazine rings is 1. The van der Waals surface area contributed by atoms with Gasteiger partial charge in [0.25, 0.3) is 0 Å². The molecule has 0 amide bonds. The second-order valence-electron chi connectivity index (χ2n) is 11.1. The van der Waals surface area contributed by atoms with Gasteiger partial charge in [0.15, 0.2) is 5.82 Å². The maximum atomic E-state index is 16.5. The van der Waals surface area contributed by atoms with Gasteiger partial charge in [-0.15, -0.1) is 0 Å². The van der Waals surface area contributed by atoms with E-state index >= 15 is 4.39 Å². The number of phenols is 1. The highest BCUT2D eigenvalue weighted by Crippen LogP contribution is 2.39. The Morgan fingerprint density at radius 3 is 2.50 bits per heavy atom. The summed E-state index contributed by atoms with van der Waals surface area (Å²) < 4.78 is 16.5. The van der Waals surface area contributed by atoms with Crippen LogP contribution in [-0.2, 0) is 0 Å². The molecule has 4 aromatic rings. The number of fused-ring (bicyclic) bond motifs is 4. The number of aromatic hydroxyl groups is 1. The van der Waals surface area contributed by atoms with Crippen molar-refractivity contribution >= 4 is 33.4 Å². The van der Waals surface area contributed by atoms with Crippen molar-refractivity contribution < 1.29 is 14.6 Å². The summed E-state index contributed by atoms with van der Waals surface area (Å²) in [4.78, 5) is 13.9. The summed E-state index contributed by atoms with van der Waals surface area (Å²) in [7, 11) is 0. The van der Waals surface area contributed by atoms with Gasteiger partial charge in [0.1, 0.15) is 17.1 Å². The molecular formula is C29H31FN6O2. The zero-order valence-electron chi connectivity index (χ0n) is 21.1. The van der Waals surface area contributed by atoms with E-state index in [1.807, 2.05) is 35.2 Å². The van der Waals surface area contributed by atoms with Gasteiger partial charge < -0.3 is 31.1 Å². The number of aromatic nitrogens is 2. The van der Waals surface area contributed by atoms with Crippen LogP contribution in [0.25, 0.3) is 32.8 Å². The number of hydrogen-bond acceptors (Lipinski definition) is 8. The summed E-state index contributed by atoms with van der Waals surface area (Å²) in [6, 6.07) is 15.4. The first-order valence-corrected chi connectivity index (χ1v) is 13.3. The molecular weight excluding hydrogens is 483 g/mol. The molecule has 2 atom stereocenters. The number of rotatable bonds is 5. The van der Waals surface area contributed by atoms with Crippen LogP contribution in [0.2, 0.25) is 0 Å². The third-order valence-corrected chi connectivity index (χ3v) is 8.33. The summed E-state index contributed by atoms with van der Waals surface area (Å²) >= 11 is 0. The molecule has 0 radical (unpaired) electrons. The molecule has 0 saturated carbocycles. The van der Waals surface area contributed by atoms with Gasteiger partial charge in [-0.1, -0.05) is 30.3 Å². The van der Waals surface area contributed by atoms with Gasteiger partial charge in [0.2, 0.25) is 5.95 Å². The Kier molecular flexibility index (Phi) is 5.43. The fourth-order valence-electron chi connectivity index (χ4n) is 6.45. The van der Waals surface area contributed by atoms with Gasteiger partial charge in [-0.05, 0) is 53.8 Å². The lowest BCUT2D eigenvalue weighted by Gasteiger charge is -2.47. The molecule has 2 bridgehead atoms. The Morgan fingerprint density at radius 2 is 1.74 bits per heavy atom. The molecule has 2 unspecified atom stereocenters. The second kappa shape index (κ2) is 8.76. The number of hydrogen-bond donors (Lipinski definition) is 4. The van der Waals surface area contributed by atoms with Crippen molar-refractivity contribution in [1.82, 2.24) is 15.3 Å². The molecule has 1 aromatic heterocycles. The molecule has 3 aliphatic heterocycles. The Bertz CT molecular complexity index is 1540. The van der Waals surface area contributed by atoms with Crippen molar-refractivity contribution in [2.75, 3.05) is 42.6 Å². The number of nitrogens with two attached hydrogens (primary N) is 1. The van der Waals surface area contributed by atoms with E-state index in [1.54, 1.807) is 18.2 Å². The van der Waals surface area contributed by atoms with Gasteiger partial charge in [-0.2, -0.15) is 4.98 Å². The fourth-order valence-corrected chi connectivity index (χ4v) is 6.45. The number of benzene rings is 3. The minimum atomic E-state index is -0.498. The Morgan fingerprint density at radius 1 is 0.974 bits per heavy atom. The van der Waals surface area contributed by atoms with Crippen LogP contribution < -0.4 is 20.9 Å². The van der Waals surface area contributed by atoms with Gasteiger partial charge in [0.05, 0.1) is 5.54 Å². The largest absolute Gasteiger partial charge is 0.508 e. The number of nitrogens with one attached hydrogen (secondary N) is 1. The first-order chi connectivity index (χ1) is 18.4. The number of phenolic OH excluding ortho intramolecular Hbond substituents is 1. The molecule has 0 spiro atoms. The number of anilines is 2. The van der Waals surface area contributed by atoms with E-state index in [-0.39, 0.29) is 17.9 Å². The van der Waals surface area contributed by atoms with Crippen molar-refractivity contribution in [3.05, 3.63) is 54.3 Å². The standard InChI is InChI=1S/C29H31FN6O2/c30-25-22(24-12-20(38)11-17-3-1-2-4-21(17)24)7-8-23-26(25)33-28(36-15-29(31,16-36)9-10-37)34-27(23)35-13-18-5-6-19(14-35)32-18/h1-4,7-8,11-12,18-19,32,37-38H,5-6,9-10,13-16,31H2. The maximum Gasteiger partial charge on any atom is 0.228 e. The predicted octanol–water partition coefficient (Wildman–Crippen LogP) is 3.14. The molecule has 3 fully saturated rings. The monoisotopic (exact) mass is 514 g/mol. The molecule has 0 aliphatic carbocycles. The van der Waals surface area contributed by atoms with Crippen LogP contribution in [0, 0.1) is 5.82 Å². The van der Waals surface area contributed by atoms with Crippen LogP contribution >= 0.6 is 0 Å². The third kappa shape index (κ3) is 3.84. The molecule has 3 saturated heterocycles. The van der Waals surface area contributed by atoms with Crippen molar-refractivity contribution in [2.45, 2.75) is 36.9 Å². The quantitative estimate of drug-likeness (QED) is 0.322. The van der Waals surface area contributed by atoms with Gasteiger partial charge in [-0.3, -0.25) is 0 Å². The molecule has 196 valence electrons. The van der Waals surface area contributed by atoms with Gasteiger partial charge in [-0.25, -0.2) is 9.37 Å². The van der Waals surface area contributed by atoms with Gasteiger partial charge >= 0.3 is 0 Å². The number of halogens is 1. The van der Waals surface area contributed by atoms with E-state index in [9.17, 15) is 10.2 Å². The van der Waals surface area contributed by atoms with E-state index in [2.05, 4.69) is 10.2 Å². The maximum absolute atomic E-state index is 16.5. The Balaban J connectivity index is 1.39. The average molecular weight is 515 g/mol. The smallest absolute Gasteiger partial charge is 0.228 e. The summed E-state index contributed by atoms with van der Waals surface area (Å²) in [5, 5.41) is 25.8. The number of aliphatic hydroxyl groups excluding tert-OH is 1. The first kappa shape index (κ1) is 23.6. The highest BCUT2D eigenvalue weighted by Gasteiger charge is 2.41. The average Bonchev–Trinajstić information content (AvgIpc) is 3.23. The predicted molar refractivity (Wildman–Crippen MR) is 147 cm³/mol. The molecule has 5 N–H and O–H groups in total. The topological polar surface area (TPSA) is 111 Å². The highest BCUT2D eigenvalue weighted by molar-refractivity contribution is 6.01. The summed E-state index contributed by atoms with van der Waals surface area (Å²) in [6.45, 7) is 2.66. The van der Waals surface area contributed by atoms with E-state index < -0.39 is 11.4 Å². The minimum absolute atomic E-state index is 0.0214. The zero-order chi connectivity index (χ0) is 26.0. The molecule has 3 aliphatic rings. The van der Waals surface area contributed by atoms with Crippen LogP contribution in [0.4, 0.5) is 16.2 Å². The lowest BCUT2D eigenvalue weighted by molar-refractivity contribution is 0.211. The second-order valence-corrected chi connectivity index (χ2v) is 11.1. The molecule has 8 nitrogen and oxygen atoms in total. The van der Waals surface area contributed by atoms with Crippen molar-refractivity contribution in [1.29, 1.82) is 0 Å². The fraction of sp³-hybridized carbons (Fsp3) is 0.379. The van der Waals surface area contributed by atoms with E-state index in [0.717, 1.165) is 42.5 Å². The summed E-state index contributed by atoms with van der Waals surface area (Å²) in [6.07, 6.45) is 2.75. The summed E-state index contributed by atoms with van der Waals surface area (Å²) in [5.74, 6) is 0.846. The molecule has 38 heavy (non-hydrogen) atoms. The molecule has 7 rings (SSSR count). The lowest BCUT2D eigenvalue weighted by Crippen LogP contribution is -2.68. The van der Waals surface area contributed by atoms with Crippen molar-refractivity contribution in [2.24, 2.45) is 5.73 Å². The van der Waals surface area contributed by atoms with E-state index in [0.29, 0.717) is 54.1 Å².